The molecule has 1 aromatic heterocycles. The summed E-state index contributed by atoms with van der Waals surface area (Å²) in [6.45, 7) is 0. The van der Waals surface area contributed by atoms with E-state index in [1.165, 1.54) is 0 Å². The average Bonchev–Trinajstić information content (AvgIpc) is 2.47. The van der Waals surface area contributed by atoms with Gasteiger partial charge in [0.1, 0.15) is 5.82 Å². The molecule has 2 aromatic carbocycles. The Kier molecular flexibility index (Phi) is 3.37. The van der Waals surface area contributed by atoms with E-state index in [0.29, 0.717) is 16.8 Å². The molecular weight excluding hydrogens is 274 g/mol. The lowest BCUT2D eigenvalue weighted by Gasteiger charge is -2.10. The number of hydrogen-bond donors (Lipinski definition) is 3. The molecule has 0 amide bonds. The van der Waals surface area contributed by atoms with Crippen LogP contribution in [0, 0.1) is 0 Å². The number of aromatic nitrogens is 2. The number of hydrazine groups is 1. The minimum atomic E-state index is 0.355. The first kappa shape index (κ1) is 12.7. The number of hydrogen-bond acceptors (Lipinski definition) is 5. The van der Waals surface area contributed by atoms with Crippen LogP contribution in [0.2, 0.25) is 5.02 Å². The van der Waals surface area contributed by atoms with Gasteiger partial charge in [0, 0.05) is 16.1 Å². The molecule has 6 heteroatoms. The van der Waals surface area contributed by atoms with E-state index in [1.54, 1.807) is 0 Å². The molecule has 0 fully saturated rings. The fraction of sp³-hybridized carbons (Fsp3) is 0. The molecule has 0 aliphatic rings. The minimum Gasteiger partial charge on any atom is -0.340 e. The topological polar surface area (TPSA) is 75.9 Å². The van der Waals surface area contributed by atoms with Gasteiger partial charge in [-0.15, -0.1) is 0 Å². The smallest absolute Gasteiger partial charge is 0.239 e. The summed E-state index contributed by atoms with van der Waals surface area (Å²) in [6.07, 6.45) is 0. The summed E-state index contributed by atoms with van der Waals surface area (Å²) in [6, 6.07) is 15.1. The van der Waals surface area contributed by atoms with Gasteiger partial charge < -0.3 is 5.32 Å². The Balaban J connectivity index is 2.10. The Bertz CT molecular complexity index is 759. The van der Waals surface area contributed by atoms with Crippen molar-refractivity contribution in [3.8, 4) is 0 Å². The lowest BCUT2D eigenvalue weighted by atomic mass is 10.2. The van der Waals surface area contributed by atoms with E-state index in [4.69, 9.17) is 17.4 Å². The van der Waals surface area contributed by atoms with Crippen molar-refractivity contribution in [3.63, 3.8) is 0 Å². The first-order valence-electron chi connectivity index (χ1n) is 6.02. The number of nitrogens with zero attached hydrogens (tertiary/aromatic N) is 2. The Morgan fingerprint density at radius 3 is 2.65 bits per heavy atom. The molecule has 0 bridgehead atoms. The van der Waals surface area contributed by atoms with Gasteiger partial charge in [-0.2, -0.15) is 4.98 Å². The lowest BCUT2D eigenvalue weighted by Crippen LogP contribution is -2.11. The van der Waals surface area contributed by atoms with Crippen molar-refractivity contribution in [2.75, 3.05) is 10.7 Å². The lowest BCUT2D eigenvalue weighted by molar-refractivity contribution is 1.15. The largest absolute Gasteiger partial charge is 0.340 e. The number of rotatable bonds is 3. The van der Waals surface area contributed by atoms with Crippen molar-refractivity contribution in [1.82, 2.24) is 9.97 Å². The van der Waals surface area contributed by atoms with Gasteiger partial charge in [-0.25, -0.2) is 10.8 Å². The minimum absolute atomic E-state index is 0.355. The number of halogens is 1. The number of para-hydroxylation sites is 1. The van der Waals surface area contributed by atoms with Gasteiger partial charge in [0.2, 0.25) is 5.95 Å². The van der Waals surface area contributed by atoms with E-state index in [-0.39, 0.29) is 0 Å². The Labute approximate surface area is 120 Å². The van der Waals surface area contributed by atoms with Gasteiger partial charge in [-0.05, 0) is 30.3 Å². The summed E-state index contributed by atoms with van der Waals surface area (Å²) < 4.78 is 0. The predicted octanol–water partition coefficient (Wildman–Crippen LogP) is 3.31. The van der Waals surface area contributed by atoms with Crippen molar-refractivity contribution in [2.24, 2.45) is 5.84 Å². The van der Waals surface area contributed by atoms with Crippen LogP contribution in [-0.4, -0.2) is 9.97 Å². The Hall–Kier alpha value is -2.37. The molecule has 3 rings (SSSR count). The first-order chi connectivity index (χ1) is 9.76. The highest BCUT2D eigenvalue weighted by Gasteiger charge is 2.07. The van der Waals surface area contributed by atoms with E-state index in [9.17, 15) is 0 Å². The molecule has 1 heterocycles. The fourth-order valence-electron chi connectivity index (χ4n) is 1.94. The molecular formula is C14H12ClN5. The van der Waals surface area contributed by atoms with Crippen molar-refractivity contribution >= 4 is 40.0 Å². The number of nitrogens with two attached hydrogens (primary N) is 1. The van der Waals surface area contributed by atoms with Gasteiger partial charge in [0.05, 0.1) is 5.52 Å². The summed E-state index contributed by atoms with van der Waals surface area (Å²) in [7, 11) is 0. The second kappa shape index (κ2) is 5.32. The number of anilines is 3. The van der Waals surface area contributed by atoms with E-state index in [2.05, 4.69) is 20.7 Å². The maximum absolute atomic E-state index is 5.98. The van der Waals surface area contributed by atoms with E-state index < -0.39 is 0 Å². The number of benzene rings is 2. The van der Waals surface area contributed by atoms with Crippen LogP contribution in [0.5, 0.6) is 0 Å². The van der Waals surface area contributed by atoms with Gasteiger partial charge in [0.25, 0.3) is 0 Å². The molecule has 4 N–H and O–H groups in total. The third kappa shape index (κ3) is 2.49. The Morgan fingerprint density at radius 1 is 1.00 bits per heavy atom. The van der Waals surface area contributed by atoms with Crippen molar-refractivity contribution in [2.45, 2.75) is 0 Å². The normalized spacial score (nSPS) is 10.5. The van der Waals surface area contributed by atoms with Crippen LogP contribution in [0.4, 0.5) is 17.5 Å². The molecule has 0 aliphatic heterocycles. The SMILES string of the molecule is NNc1nc(Nc2cccc(Cl)c2)c2ccccc2n1. The van der Waals surface area contributed by atoms with Crippen LogP contribution in [0.25, 0.3) is 10.9 Å². The molecule has 0 aliphatic carbocycles. The third-order valence-electron chi connectivity index (χ3n) is 2.82. The maximum atomic E-state index is 5.98. The molecule has 0 unspecified atom stereocenters. The second-order valence-corrected chi connectivity index (χ2v) is 4.63. The van der Waals surface area contributed by atoms with Crippen LogP contribution in [0.15, 0.2) is 48.5 Å². The van der Waals surface area contributed by atoms with Gasteiger partial charge >= 0.3 is 0 Å². The number of nitrogen functional groups attached to an aromatic ring is 1. The summed E-state index contributed by atoms with van der Waals surface area (Å²) in [5.41, 5.74) is 4.13. The predicted molar refractivity (Wildman–Crippen MR) is 82.1 cm³/mol. The van der Waals surface area contributed by atoms with E-state index >= 15 is 0 Å². The third-order valence-corrected chi connectivity index (χ3v) is 3.05. The summed E-state index contributed by atoms with van der Waals surface area (Å²) in [4.78, 5) is 8.64. The quantitative estimate of drug-likeness (QED) is 0.508. The average molecular weight is 286 g/mol. The van der Waals surface area contributed by atoms with Crippen LogP contribution < -0.4 is 16.6 Å². The zero-order valence-corrected chi connectivity index (χ0v) is 11.2. The van der Waals surface area contributed by atoms with Gasteiger partial charge in [0.15, 0.2) is 0 Å². The molecule has 0 atom stereocenters. The van der Waals surface area contributed by atoms with Gasteiger partial charge in [-0.1, -0.05) is 29.8 Å². The molecule has 0 saturated carbocycles. The van der Waals surface area contributed by atoms with Crippen molar-refractivity contribution < 1.29 is 0 Å². The number of nitrogens with one attached hydrogen (secondary N) is 2. The van der Waals surface area contributed by atoms with E-state index in [0.717, 1.165) is 16.6 Å². The second-order valence-electron chi connectivity index (χ2n) is 4.19. The first-order valence-corrected chi connectivity index (χ1v) is 6.40. The fourth-order valence-corrected chi connectivity index (χ4v) is 2.13. The summed E-state index contributed by atoms with van der Waals surface area (Å²) in [5, 5.41) is 4.80. The van der Waals surface area contributed by atoms with Crippen LogP contribution in [0.1, 0.15) is 0 Å². The molecule has 5 nitrogen and oxygen atoms in total. The highest BCUT2D eigenvalue weighted by molar-refractivity contribution is 6.30. The van der Waals surface area contributed by atoms with Gasteiger partial charge in [-0.3, -0.25) is 5.43 Å². The zero-order chi connectivity index (χ0) is 13.9. The van der Waals surface area contributed by atoms with E-state index in [1.807, 2.05) is 48.5 Å². The standard InChI is InChI=1S/C14H12ClN5/c15-9-4-3-5-10(8-9)17-13-11-6-1-2-7-12(11)18-14(19-13)20-16/h1-8H,16H2,(H2,17,18,19,20). The highest BCUT2D eigenvalue weighted by atomic mass is 35.5. The van der Waals surface area contributed by atoms with Crippen LogP contribution in [0.3, 0.4) is 0 Å². The molecule has 3 aromatic rings. The Morgan fingerprint density at radius 2 is 1.85 bits per heavy atom. The number of fused-ring (bicyclic) bond motifs is 1. The summed E-state index contributed by atoms with van der Waals surface area (Å²) in [5.74, 6) is 6.43. The molecule has 0 spiro atoms. The maximum Gasteiger partial charge on any atom is 0.239 e. The summed E-state index contributed by atoms with van der Waals surface area (Å²) >= 11 is 5.98. The molecule has 0 radical (unpaired) electrons. The van der Waals surface area contributed by atoms with Crippen molar-refractivity contribution in [1.29, 1.82) is 0 Å². The molecule has 100 valence electrons. The van der Waals surface area contributed by atoms with Crippen molar-refractivity contribution in [3.05, 3.63) is 53.6 Å². The monoisotopic (exact) mass is 285 g/mol. The zero-order valence-electron chi connectivity index (χ0n) is 10.5. The van der Waals surface area contributed by atoms with Crippen LogP contribution in [-0.2, 0) is 0 Å². The molecule has 0 saturated heterocycles. The molecule has 20 heavy (non-hydrogen) atoms. The van der Waals surface area contributed by atoms with Crippen LogP contribution >= 0.6 is 11.6 Å². The highest BCUT2D eigenvalue weighted by Crippen LogP contribution is 2.25.